The fourth-order valence-electron chi connectivity index (χ4n) is 2.75. The molecule has 1 unspecified atom stereocenters. The number of likely N-dealkylation sites (N-methyl/N-ethyl adjacent to an activating group) is 1. The van der Waals surface area contributed by atoms with Crippen LogP contribution in [0.4, 0.5) is 0 Å². The average Bonchev–Trinajstić information content (AvgIpc) is 2.41. The quantitative estimate of drug-likeness (QED) is 0.815. The Morgan fingerprint density at radius 1 is 1.28 bits per heavy atom. The van der Waals surface area contributed by atoms with Crippen molar-refractivity contribution in [1.82, 2.24) is 9.62 Å². The Bertz CT molecular complexity index is 346. The number of sulfonamides is 1. The van der Waals surface area contributed by atoms with Crippen molar-refractivity contribution < 1.29 is 13.2 Å². The summed E-state index contributed by atoms with van der Waals surface area (Å²) in [7, 11) is -1.45. The van der Waals surface area contributed by atoms with Gasteiger partial charge in [-0.3, -0.25) is 0 Å². The van der Waals surface area contributed by atoms with Gasteiger partial charge in [-0.2, -0.15) is 0 Å². The van der Waals surface area contributed by atoms with Crippen molar-refractivity contribution in [2.24, 2.45) is 0 Å². The van der Waals surface area contributed by atoms with E-state index < -0.39 is 10.0 Å². The fourth-order valence-corrected chi connectivity index (χ4v) is 4.56. The first kappa shape index (κ1) is 14.2. The Labute approximate surface area is 110 Å². The van der Waals surface area contributed by atoms with Gasteiger partial charge in [0.2, 0.25) is 10.0 Å². The van der Waals surface area contributed by atoms with Gasteiger partial charge in [-0.05, 0) is 12.8 Å². The van der Waals surface area contributed by atoms with E-state index in [-0.39, 0.29) is 11.4 Å². The minimum absolute atomic E-state index is 0.0119. The molecule has 0 aromatic rings. The molecule has 0 spiro atoms. The van der Waals surface area contributed by atoms with Crippen LogP contribution >= 0.6 is 0 Å². The lowest BCUT2D eigenvalue weighted by molar-refractivity contribution is 0.0205. The summed E-state index contributed by atoms with van der Waals surface area (Å²) < 4.78 is 31.9. The van der Waals surface area contributed by atoms with E-state index in [9.17, 15) is 8.42 Å². The van der Waals surface area contributed by atoms with Gasteiger partial charge in [-0.25, -0.2) is 12.7 Å². The van der Waals surface area contributed by atoms with Gasteiger partial charge in [0.25, 0.3) is 0 Å². The van der Waals surface area contributed by atoms with Crippen molar-refractivity contribution >= 4 is 10.0 Å². The van der Waals surface area contributed by atoms with Crippen molar-refractivity contribution in [3.8, 4) is 0 Å². The highest BCUT2D eigenvalue weighted by Crippen LogP contribution is 2.25. The van der Waals surface area contributed by atoms with Gasteiger partial charge in [0.05, 0.1) is 18.0 Å². The van der Waals surface area contributed by atoms with E-state index in [0.717, 1.165) is 38.8 Å². The molecule has 0 aromatic heterocycles. The summed E-state index contributed by atoms with van der Waals surface area (Å²) in [5.74, 6) is 0. The number of ether oxygens (including phenoxy) is 1. The lowest BCUT2D eigenvalue weighted by Crippen LogP contribution is -2.47. The third kappa shape index (κ3) is 3.44. The lowest BCUT2D eigenvalue weighted by atomic mass is 10.0. The van der Waals surface area contributed by atoms with Crippen molar-refractivity contribution in [2.75, 3.05) is 33.3 Å². The number of hydrogen-bond donors (Lipinski definition) is 1. The number of nitrogens with zero attached hydrogens (tertiary/aromatic N) is 1. The van der Waals surface area contributed by atoms with Gasteiger partial charge in [0.15, 0.2) is 0 Å². The highest BCUT2D eigenvalue weighted by Gasteiger charge is 2.32. The second-order valence-corrected chi connectivity index (χ2v) is 7.60. The predicted molar refractivity (Wildman–Crippen MR) is 71.0 cm³/mol. The van der Waals surface area contributed by atoms with Crippen LogP contribution in [0.25, 0.3) is 0 Å². The summed E-state index contributed by atoms with van der Waals surface area (Å²) in [6.45, 7) is 2.73. The standard InChI is InChI=1S/C12H24N2O3S/c1-14(10-11-9-13-7-8-17-11)18(15,16)12-5-3-2-4-6-12/h11-13H,2-10H2,1H3. The van der Waals surface area contributed by atoms with E-state index in [1.165, 1.54) is 10.7 Å². The molecule has 0 bridgehead atoms. The Hall–Kier alpha value is -0.170. The number of morpholine rings is 1. The Kier molecular flexibility index (Phi) is 5.00. The van der Waals surface area contributed by atoms with E-state index in [4.69, 9.17) is 4.74 Å². The van der Waals surface area contributed by atoms with E-state index in [2.05, 4.69) is 5.32 Å². The first-order valence-corrected chi connectivity index (χ1v) is 8.38. The van der Waals surface area contributed by atoms with Gasteiger partial charge in [-0.1, -0.05) is 19.3 Å². The average molecular weight is 276 g/mol. The van der Waals surface area contributed by atoms with E-state index in [1.54, 1.807) is 7.05 Å². The van der Waals surface area contributed by atoms with Gasteiger partial charge in [0.1, 0.15) is 0 Å². The van der Waals surface area contributed by atoms with E-state index in [1.807, 2.05) is 0 Å². The SMILES string of the molecule is CN(CC1CNCCO1)S(=O)(=O)C1CCCCC1. The predicted octanol–water partition coefficient (Wildman–Crippen LogP) is 0.569. The first-order chi connectivity index (χ1) is 8.60. The summed E-state index contributed by atoms with van der Waals surface area (Å²) in [4.78, 5) is 0. The molecule has 2 aliphatic rings. The summed E-state index contributed by atoms with van der Waals surface area (Å²) >= 11 is 0. The van der Waals surface area contributed by atoms with Gasteiger partial charge >= 0.3 is 0 Å². The molecule has 2 rings (SSSR count). The maximum absolute atomic E-state index is 12.4. The van der Waals surface area contributed by atoms with Crippen LogP contribution in [0, 0.1) is 0 Å². The van der Waals surface area contributed by atoms with Crippen molar-refractivity contribution in [3.63, 3.8) is 0 Å². The van der Waals surface area contributed by atoms with Crippen LogP contribution in [0.15, 0.2) is 0 Å². The van der Waals surface area contributed by atoms with Crippen LogP contribution < -0.4 is 5.32 Å². The summed E-state index contributed by atoms with van der Waals surface area (Å²) in [5, 5.41) is 3.05. The van der Waals surface area contributed by atoms with Gasteiger partial charge < -0.3 is 10.1 Å². The van der Waals surface area contributed by atoms with Gasteiger partial charge in [-0.15, -0.1) is 0 Å². The minimum atomic E-state index is -3.14. The number of nitrogens with one attached hydrogen (secondary N) is 1. The molecular weight excluding hydrogens is 252 g/mol. The number of rotatable bonds is 4. The van der Waals surface area contributed by atoms with E-state index >= 15 is 0 Å². The second-order valence-electron chi connectivity index (χ2n) is 5.28. The monoisotopic (exact) mass is 276 g/mol. The topological polar surface area (TPSA) is 58.6 Å². The molecule has 106 valence electrons. The molecule has 1 saturated heterocycles. The fraction of sp³-hybridized carbons (Fsp3) is 1.00. The van der Waals surface area contributed by atoms with Gasteiger partial charge in [0, 0.05) is 26.7 Å². The van der Waals surface area contributed by atoms with Crippen molar-refractivity contribution in [1.29, 1.82) is 0 Å². The molecule has 5 nitrogen and oxygen atoms in total. The maximum atomic E-state index is 12.4. The summed E-state index contributed by atoms with van der Waals surface area (Å²) in [6.07, 6.45) is 4.87. The highest BCUT2D eigenvalue weighted by molar-refractivity contribution is 7.89. The molecule has 0 amide bonds. The first-order valence-electron chi connectivity index (χ1n) is 6.88. The van der Waals surface area contributed by atoms with E-state index in [0.29, 0.717) is 13.2 Å². The Morgan fingerprint density at radius 3 is 2.61 bits per heavy atom. The largest absolute Gasteiger partial charge is 0.374 e. The third-order valence-corrected chi connectivity index (χ3v) is 6.20. The molecule has 0 aromatic carbocycles. The maximum Gasteiger partial charge on any atom is 0.216 e. The third-order valence-electron chi connectivity index (χ3n) is 3.87. The minimum Gasteiger partial charge on any atom is -0.374 e. The Balaban J connectivity index is 1.91. The molecule has 1 aliphatic carbocycles. The molecule has 1 N–H and O–H groups in total. The summed E-state index contributed by atoms with van der Waals surface area (Å²) in [6, 6.07) is 0. The van der Waals surface area contributed by atoms with Crippen LogP contribution in [-0.4, -0.2) is 57.4 Å². The normalized spacial score (nSPS) is 27.6. The zero-order chi connectivity index (χ0) is 13.0. The number of hydrogen-bond acceptors (Lipinski definition) is 4. The van der Waals surface area contributed by atoms with Crippen LogP contribution in [0.2, 0.25) is 0 Å². The van der Waals surface area contributed by atoms with Crippen LogP contribution in [0.3, 0.4) is 0 Å². The molecular formula is C12H24N2O3S. The molecule has 1 heterocycles. The molecule has 18 heavy (non-hydrogen) atoms. The molecule has 0 radical (unpaired) electrons. The smallest absolute Gasteiger partial charge is 0.216 e. The van der Waals surface area contributed by atoms with Crippen molar-refractivity contribution in [3.05, 3.63) is 0 Å². The van der Waals surface area contributed by atoms with Crippen molar-refractivity contribution in [2.45, 2.75) is 43.5 Å². The van der Waals surface area contributed by atoms with Crippen LogP contribution in [0.1, 0.15) is 32.1 Å². The zero-order valence-corrected chi connectivity index (χ0v) is 11.9. The molecule has 1 atom stereocenters. The summed E-state index contributed by atoms with van der Waals surface area (Å²) in [5.41, 5.74) is 0. The molecule has 1 aliphatic heterocycles. The zero-order valence-electron chi connectivity index (χ0n) is 11.1. The Morgan fingerprint density at radius 2 is 2.00 bits per heavy atom. The van der Waals surface area contributed by atoms with Crippen LogP contribution in [0.5, 0.6) is 0 Å². The highest BCUT2D eigenvalue weighted by atomic mass is 32.2. The molecule has 2 fully saturated rings. The molecule has 6 heteroatoms. The molecule has 1 saturated carbocycles. The van der Waals surface area contributed by atoms with Crippen LogP contribution in [-0.2, 0) is 14.8 Å². The second kappa shape index (κ2) is 6.32. The lowest BCUT2D eigenvalue weighted by Gasteiger charge is -2.31.